The SMILES string of the molecule is CC(=O)NOc1ccccc1CCN(CCCc1ccc(CNC(=O)OC(C)(C)C)cc1)C(=O)OC(C)(C)C. The van der Waals surface area contributed by atoms with Crippen molar-refractivity contribution in [2.45, 2.75) is 85.5 Å². The lowest BCUT2D eigenvalue weighted by atomic mass is 10.1. The van der Waals surface area contributed by atoms with Crippen molar-refractivity contribution in [1.82, 2.24) is 15.7 Å². The summed E-state index contributed by atoms with van der Waals surface area (Å²) in [4.78, 5) is 43.2. The number of benzene rings is 2. The van der Waals surface area contributed by atoms with Crippen molar-refractivity contribution in [1.29, 1.82) is 0 Å². The van der Waals surface area contributed by atoms with Crippen LogP contribution in [0.15, 0.2) is 48.5 Å². The van der Waals surface area contributed by atoms with Crippen LogP contribution in [0.4, 0.5) is 9.59 Å². The second-order valence-electron chi connectivity index (χ2n) is 11.4. The van der Waals surface area contributed by atoms with Crippen LogP contribution in [0.25, 0.3) is 0 Å². The molecule has 2 aromatic carbocycles. The topological polar surface area (TPSA) is 106 Å². The molecule has 0 aliphatic heterocycles. The molecule has 9 nitrogen and oxygen atoms in total. The standard InChI is InChI=1S/C30H43N3O6/c1-22(34)32-39-26-13-9-8-12-25(26)18-20-33(28(36)38-30(5,6)7)19-10-11-23-14-16-24(17-15-23)21-31-27(35)37-29(2,3)4/h8-9,12-17H,10-11,18-21H2,1-7H3,(H,31,35)(H,32,34). The highest BCUT2D eigenvalue weighted by atomic mass is 16.7. The van der Waals surface area contributed by atoms with Crippen LogP contribution < -0.4 is 15.6 Å². The average molecular weight is 542 g/mol. The molecular formula is C30H43N3O6. The zero-order valence-electron chi connectivity index (χ0n) is 24.3. The predicted octanol–water partition coefficient (Wildman–Crippen LogP) is 5.55. The van der Waals surface area contributed by atoms with E-state index >= 15 is 0 Å². The van der Waals surface area contributed by atoms with E-state index in [9.17, 15) is 14.4 Å². The summed E-state index contributed by atoms with van der Waals surface area (Å²) in [7, 11) is 0. The number of ether oxygens (including phenoxy) is 2. The summed E-state index contributed by atoms with van der Waals surface area (Å²) in [5.41, 5.74) is 4.18. The number of hydrogen-bond acceptors (Lipinski definition) is 6. The second-order valence-corrected chi connectivity index (χ2v) is 11.4. The Balaban J connectivity index is 1.95. The number of nitrogens with zero attached hydrogens (tertiary/aromatic N) is 1. The molecule has 0 heterocycles. The molecule has 39 heavy (non-hydrogen) atoms. The summed E-state index contributed by atoms with van der Waals surface area (Å²) >= 11 is 0. The van der Waals surface area contributed by atoms with Gasteiger partial charge in [-0.2, -0.15) is 5.48 Å². The molecule has 214 valence electrons. The summed E-state index contributed by atoms with van der Waals surface area (Å²) in [6.07, 6.45) is 1.25. The van der Waals surface area contributed by atoms with E-state index in [2.05, 4.69) is 10.8 Å². The molecule has 0 unspecified atom stereocenters. The molecule has 0 radical (unpaired) electrons. The van der Waals surface area contributed by atoms with Crippen LogP contribution in [-0.2, 0) is 33.7 Å². The predicted molar refractivity (Wildman–Crippen MR) is 150 cm³/mol. The summed E-state index contributed by atoms with van der Waals surface area (Å²) in [6.45, 7) is 13.7. The first-order chi connectivity index (χ1) is 18.2. The largest absolute Gasteiger partial charge is 0.444 e. The third kappa shape index (κ3) is 13.0. The molecule has 0 saturated carbocycles. The van der Waals surface area contributed by atoms with E-state index in [0.29, 0.717) is 31.8 Å². The molecule has 0 bridgehead atoms. The lowest BCUT2D eigenvalue weighted by Crippen LogP contribution is -2.38. The molecule has 0 atom stereocenters. The van der Waals surface area contributed by atoms with E-state index in [0.717, 1.165) is 29.5 Å². The average Bonchev–Trinajstić information content (AvgIpc) is 2.82. The number of para-hydroxylation sites is 1. The van der Waals surface area contributed by atoms with Gasteiger partial charge in [0.1, 0.15) is 11.2 Å². The van der Waals surface area contributed by atoms with Crippen molar-refractivity contribution in [3.8, 4) is 5.75 Å². The van der Waals surface area contributed by atoms with Crippen LogP contribution in [0, 0.1) is 0 Å². The molecule has 2 N–H and O–H groups in total. The van der Waals surface area contributed by atoms with Crippen molar-refractivity contribution in [3.63, 3.8) is 0 Å². The molecule has 0 aliphatic carbocycles. The Bertz CT molecular complexity index is 1090. The number of carbonyl (C=O) groups excluding carboxylic acids is 3. The Labute approximate surface area is 232 Å². The minimum atomic E-state index is -0.606. The maximum absolute atomic E-state index is 13.0. The Hall–Kier alpha value is -3.75. The van der Waals surface area contributed by atoms with E-state index in [1.807, 2.05) is 84.0 Å². The van der Waals surface area contributed by atoms with Gasteiger partial charge in [0.25, 0.3) is 0 Å². The number of carbonyl (C=O) groups is 3. The van der Waals surface area contributed by atoms with Crippen molar-refractivity contribution in [2.24, 2.45) is 0 Å². The first kappa shape index (κ1) is 31.5. The molecular weight excluding hydrogens is 498 g/mol. The van der Waals surface area contributed by atoms with Crippen LogP contribution in [-0.4, -0.2) is 47.3 Å². The first-order valence-corrected chi connectivity index (χ1v) is 13.3. The zero-order valence-corrected chi connectivity index (χ0v) is 24.3. The van der Waals surface area contributed by atoms with Crippen LogP contribution >= 0.6 is 0 Å². The number of amides is 3. The lowest BCUT2D eigenvalue weighted by Gasteiger charge is -2.27. The molecule has 9 heteroatoms. The molecule has 0 aromatic heterocycles. The molecule has 2 aromatic rings. The second kappa shape index (κ2) is 14.4. The van der Waals surface area contributed by atoms with Crippen LogP contribution in [0.3, 0.4) is 0 Å². The smallest absolute Gasteiger partial charge is 0.410 e. The van der Waals surface area contributed by atoms with Crippen molar-refractivity contribution in [2.75, 3.05) is 13.1 Å². The van der Waals surface area contributed by atoms with Crippen LogP contribution in [0.5, 0.6) is 5.75 Å². The van der Waals surface area contributed by atoms with Gasteiger partial charge in [-0.25, -0.2) is 9.59 Å². The molecule has 0 saturated heterocycles. The highest BCUT2D eigenvalue weighted by Crippen LogP contribution is 2.19. The monoisotopic (exact) mass is 541 g/mol. The Morgan fingerprint density at radius 2 is 1.41 bits per heavy atom. The van der Waals surface area contributed by atoms with Gasteiger partial charge in [0, 0.05) is 26.6 Å². The van der Waals surface area contributed by atoms with Gasteiger partial charge in [-0.05, 0) is 83.6 Å². The van der Waals surface area contributed by atoms with Crippen LogP contribution in [0.2, 0.25) is 0 Å². The summed E-state index contributed by atoms with van der Waals surface area (Å²) in [6, 6.07) is 15.4. The normalized spacial score (nSPS) is 11.4. The number of nitrogens with one attached hydrogen (secondary N) is 2. The Morgan fingerprint density at radius 3 is 2.03 bits per heavy atom. The van der Waals surface area contributed by atoms with Gasteiger partial charge < -0.3 is 24.5 Å². The highest BCUT2D eigenvalue weighted by Gasteiger charge is 2.22. The van der Waals surface area contributed by atoms with Gasteiger partial charge in [-0.1, -0.05) is 42.5 Å². The zero-order chi connectivity index (χ0) is 29.1. The third-order valence-corrected chi connectivity index (χ3v) is 5.33. The fourth-order valence-electron chi connectivity index (χ4n) is 3.60. The van der Waals surface area contributed by atoms with E-state index in [1.165, 1.54) is 6.92 Å². The van der Waals surface area contributed by atoms with Crippen LogP contribution in [0.1, 0.15) is 71.6 Å². The molecule has 2 rings (SSSR count). The lowest BCUT2D eigenvalue weighted by molar-refractivity contribution is -0.125. The third-order valence-electron chi connectivity index (χ3n) is 5.33. The summed E-state index contributed by atoms with van der Waals surface area (Å²) in [5, 5.41) is 2.76. The maximum atomic E-state index is 13.0. The van der Waals surface area contributed by atoms with Crippen molar-refractivity contribution in [3.05, 3.63) is 65.2 Å². The Morgan fingerprint density at radius 1 is 0.795 bits per heavy atom. The van der Waals surface area contributed by atoms with Gasteiger partial charge >= 0.3 is 12.2 Å². The maximum Gasteiger partial charge on any atom is 0.410 e. The van der Waals surface area contributed by atoms with Crippen molar-refractivity contribution < 1.29 is 28.7 Å². The van der Waals surface area contributed by atoms with E-state index in [1.54, 1.807) is 11.0 Å². The fourth-order valence-corrected chi connectivity index (χ4v) is 3.60. The number of hydroxylamine groups is 1. The summed E-state index contributed by atoms with van der Waals surface area (Å²) < 4.78 is 10.9. The fraction of sp³-hybridized carbons (Fsp3) is 0.500. The molecule has 0 aliphatic rings. The van der Waals surface area contributed by atoms with Crippen molar-refractivity contribution >= 4 is 18.1 Å². The quantitative estimate of drug-likeness (QED) is 0.361. The van der Waals surface area contributed by atoms with Gasteiger partial charge in [-0.3, -0.25) is 4.79 Å². The van der Waals surface area contributed by atoms with Gasteiger partial charge in [0.15, 0.2) is 5.75 Å². The van der Waals surface area contributed by atoms with E-state index in [-0.39, 0.29) is 12.0 Å². The van der Waals surface area contributed by atoms with E-state index in [4.69, 9.17) is 14.3 Å². The number of aryl methyl sites for hydroxylation is 1. The first-order valence-electron chi connectivity index (χ1n) is 13.3. The minimum Gasteiger partial charge on any atom is -0.444 e. The van der Waals surface area contributed by atoms with E-state index < -0.39 is 17.3 Å². The van der Waals surface area contributed by atoms with Gasteiger partial charge in [0.05, 0.1) is 0 Å². The van der Waals surface area contributed by atoms with Gasteiger partial charge in [-0.15, -0.1) is 0 Å². The summed E-state index contributed by atoms with van der Waals surface area (Å²) in [5.74, 6) is 0.241. The number of rotatable bonds is 11. The molecule has 0 spiro atoms. The molecule has 0 fully saturated rings. The highest BCUT2D eigenvalue weighted by molar-refractivity contribution is 5.72. The number of alkyl carbamates (subject to hydrolysis) is 1. The minimum absolute atomic E-state index is 0.299. The molecule has 3 amide bonds. The number of hydrogen-bond donors (Lipinski definition) is 2. The Kier molecular flexibility index (Phi) is 11.6. The van der Waals surface area contributed by atoms with Gasteiger partial charge in [0.2, 0.25) is 5.91 Å².